The van der Waals surface area contributed by atoms with E-state index in [1.165, 1.54) is 5.56 Å². The highest BCUT2D eigenvalue weighted by Gasteiger charge is 2.30. The van der Waals surface area contributed by atoms with Crippen molar-refractivity contribution in [1.82, 2.24) is 19.5 Å². The monoisotopic (exact) mass is 423 g/mol. The average molecular weight is 424 g/mol. The fourth-order valence-electron chi connectivity index (χ4n) is 4.15. The van der Waals surface area contributed by atoms with Gasteiger partial charge in [0.2, 0.25) is 5.91 Å². The number of aryl methyl sites for hydroxylation is 1. The summed E-state index contributed by atoms with van der Waals surface area (Å²) in [6.07, 6.45) is 5.92. The van der Waals surface area contributed by atoms with E-state index in [-0.39, 0.29) is 5.91 Å². The maximum absolute atomic E-state index is 12.8. The minimum absolute atomic E-state index is 0.0531. The van der Waals surface area contributed by atoms with Crippen molar-refractivity contribution < 1.29 is 4.79 Å². The molecule has 0 fully saturated rings. The van der Waals surface area contributed by atoms with Crippen LogP contribution in [0, 0.1) is 0 Å². The molecule has 0 unspecified atom stereocenters. The van der Waals surface area contributed by atoms with Crippen LogP contribution in [0.4, 0.5) is 5.82 Å². The number of nitrogens with zero attached hydrogens (tertiary/aromatic N) is 5. The second-order valence-corrected chi connectivity index (χ2v) is 8.56. The molecule has 0 saturated heterocycles. The lowest BCUT2D eigenvalue weighted by molar-refractivity contribution is -0.117. The molecule has 1 aliphatic heterocycles. The van der Waals surface area contributed by atoms with Crippen molar-refractivity contribution in [3.8, 4) is 22.6 Å². The van der Waals surface area contributed by atoms with Crippen LogP contribution in [0.1, 0.15) is 36.5 Å². The molecule has 0 aliphatic carbocycles. The van der Waals surface area contributed by atoms with E-state index in [9.17, 15) is 4.79 Å². The average Bonchev–Trinajstić information content (AvgIpc) is 3.37. The van der Waals surface area contributed by atoms with Gasteiger partial charge in [-0.25, -0.2) is 15.0 Å². The predicted octanol–water partition coefficient (Wildman–Crippen LogP) is 4.76. The Labute approximate surface area is 187 Å². The number of hydrogen-bond donors (Lipinski definition) is 0. The molecule has 5 rings (SSSR count). The first kappa shape index (κ1) is 20.1. The Morgan fingerprint density at radius 1 is 1.03 bits per heavy atom. The summed E-state index contributed by atoms with van der Waals surface area (Å²) in [4.78, 5) is 28.4. The smallest absolute Gasteiger partial charge is 0.233 e. The van der Waals surface area contributed by atoms with E-state index in [4.69, 9.17) is 4.98 Å². The van der Waals surface area contributed by atoms with Crippen LogP contribution in [0.15, 0.2) is 67.3 Å². The van der Waals surface area contributed by atoms with E-state index in [1.54, 1.807) is 17.4 Å². The zero-order chi connectivity index (χ0) is 22.2. The van der Waals surface area contributed by atoms with Crippen LogP contribution in [0.2, 0.25) is 0 Å². The zero-order valence-electron chi connectivity index (χ0n) is 18.5. The second kappa shape index (κ2) is 8.04. The van der Waals surface area contributed by atoms with Gasteiger partial charge < -0.3 is 4.57 Å². The first-order valence-electron chi connectivity index (χ1n) is 10.8. The summed E-state index contributed by atoms with van der Waals surface area (Å²) in [6, 6.07) is 16.4. The molecule has 4 aromatic rings. The zero-order valence-corrected chi connectivity index (χ0v) is 18.5. The fraction of sp³-hybridized carbons (Fsp3) is 0.231. The van der Waals surface area contributed by atoms with Crippen LogP contribution in [-0.4, -0.2) is 25.4 Å². The molecule has 0 atom stereocenters. The summed E-state index contributed by atoms with van der Waals surface area (Å²) in [5.41, 5.74) is 6.14. The molecule has 1 aliphatic rings. The molecule has 3 heterocycles. The van der Waals surface area contributed by atoms with Gasteiger partial charge in [-0.2, -0.15) is 0 Å². The number of amides is 1. The predicted molar refractivity (Wildman–Crippen MR) is 125 cm³/mol. The molecule has 0 saturated carbocycles. The number of fused-ring (bicyclic) bond motifs is 1. The third-order valence-corrected chi connectivity index (χ3v) is 5.86. The van der Waals surface area contributed by atoms with Gasteiger partial charge in [0, 0.05) is 36.1 Å². The SMILES string of the molecule is CC(C)c1ccccc1-c1ncc2c(n1)N(Cc1ccc(-c3cn(C)cn3)cc1)C(=O)C2. The number of carbonyl (C=O) groups is 1. The molecule has 0 bridgehead atoms. The van der Waals surface area contributed by atoms with Gasteiger partial charge in [0.25, 0.3) is 0 Å². The number of aromatic nitrogens is 4. The Kier molecular flexibility index (Phi) is 5.05. The summed E-state index contributed by atoms with van der Waals surface area (Å²) >= 11 is 0. The molecule has 6 nitrogen and oxygen atoms in total. The van der Waals surface area contributed by atoms with Crippen molar-refractivity contribution in [2.24, 2.45) is 7.05 Å². The van der Waals surface area contributed by atoms with Crippen molar-refractivity contribution in [2.75, 3.05) is 4.90 Å². The largest absolute Gasteiger partial charge is 0.340 e. The first-order chi connectivity index (χ1) is 15.5. The number of anilines is 1. The molecule has 0 N–H and O–H groups in total. The van der Waals surface area contributed by atoms with Crippen LogP contribution in [0.5, 0.6) is 0 Å². The highest BCUT2D eigenvalue weighted by Crippen LogP contribution is 2.32. The van der Waals surface area contributed by atoms with Crippen LogP contribution >= 0.6 is 0 Å². The van der Waals surface area contributed by atoms with E-state index in [0.29, 0.717) is 30.5 Å². The second-order valence-electron chi connectivity index (χ2n) is 8.56. The van der Waals surface area contributed by atoms with Gasteiger partial charge in [0.1, 0.15) is 5.82 Å². The highest BCUT2D eigenvalue weighted by atomic mass is 16.2. The third-order valence-electron chi connectivity index (χ3n) is 5.86. The molecule has 160 valence electrons. The third kappa shape index (κ3) is 3.68. The molecule has 32 heavy (non-hydrogen) atoms. The number of rotatable bonds is 5. The Balaban J connectivity index is 1.44. The van der Waals surface area contributed by atoms with Crippen molar-refractivity contribution in [1.29, 1.82) is 0 Å². The Morgan fingerprint density at radius 2 is 1.81 bits per heavy atom. The summed E-state index contributed by atoms with van der Waals surface area (Å²) in [7, 11) is 1.96. The summed E-state index contributed by atoms with van der Waals surface area (Å²) in [5.74, 6) is 1.79. The van der Waals surface area contributed by atoms with Gasteiger partial charge in [0.15, 0.2) is 5.82 Å². The van der Waals surface area contributed by atoms with Gasteiger partial charge in [-0.1, -0.05) is 62.4 Å². The number of benzene rings is 2. The van der Waals surface area contributed by atoms with Gasteiger partial charge in [-0.3, -0.25) is 9.69 Å². The summed E-state index contributed by atoms with van der Waals surface area (Å²) in [5, 5.41) is 0. The van der Waals surface area contributed by atoms with E-state index in [0.717, 1.165) is 27.9 Å². The minimum Gasteiger partial charge on any atom is -0.340 e. The first-order valence-corrected chi connectivity index (χ1v) is 10.8. The number of carbonyl (C=O) groups excluding carboxylic acids is 1. The lowest BCUT2D eigenvalue weighted by atomic mass is 9.97. The van der Waals surface area contributed by atoms with Gasteiger partial charge >= 0.3 is 0 Å². The van der Waals surface area contributed by atoms with E-state index < -0.39 is 0 Å². The van der Waals surface area contributed by atoms with Crippen LogP contribution in [0.25, 0.3) is 22.6 Å². The fourth-order valence-corrected chi connectivity index (χ4v) is 4.15. The molecule has 0 radical (unpaired) electrons. The summed E-state index contributed by atoms with van der Waals surface area (Å²) in [6.45, 7) is 4.81. The van der Waals surface area contributed by atoms with Crippen molar-refractivity contribution in [3.05, 3.63) is 83.9 Å². The van der Waals surface area contributed by atoms with Gasteiger partial charge in [-0.05, 0) is 17.0 Å². The molecule has 2 aromatic heterocycles. The van der Waals surface area contributed by atoms with E-state index in [2.05, 4.69) is 35.9 Å². The summed E-state index contributed by atoms with van der Waals surface area (Å²) < 4.78 is 1.93. The highest BCUT2D eigenvalue weighted by molar-refractivity contribution is 6.00. The van der Waals surface area contributed by atoms with E-state index >= 15 is 0 Å². The standard InChI is InChI=1S/C26H25N5O/c1-17(2)21-6-4-5-7-22(21)25-27-13-20-12-24(32)31(26(20)29-25)14-18-8-10-19(11-9-18)23-15-30(3)16-28-23/h4-11,13,15-17H,12,14H2,1-3H3. The molecule has 2 aromatic carbocycles. The normalized spacial score (nSPS) is 13.1. The lowest BCUT2D eigenvalue weighted by Gasteiger charge is -2.18. The van der Waals surface area contributed by atoms with Crippen molar-refractivity contribution >= 4 is 11.7 Å². The molecule has 1 amide bonds. The number of hydrogen-bond acceptors (Lipinski definition) is 4. The van der Waals surface area contributed by atoms with Crippen LogP contribution in [-0.2, 0) is 24.8 Å². The van der Waals surface area contributed by atoms with Crippen molar-refractivity contribution in [2.45, 2.75) is 32.7 Å². The Bertz CT molecular complexity index is 1290. The topological polar surface area (TPSA) is 63.9 Å². The van der Waals surface area contributed by atoms with E-state index in [1.807, 2.05) is 54.2 Å². The lowest BCUT2D eigenvalue weighted by Crippen LogP contribution is -2.26. The van der Waals surface area contributed by atoms with Gasteiger partial charge in [0.05, 0.1) is 25.0 Å². The van der Waals surface area contributed by atoms with Gasteiger partial charge in [-0.15, -0.1) is 0 Å². The maximum atomic E-state index is 12.8. The van der Waals surface area contributed by atoms with Crippen molar-refractivity contribution in [3.63, 3.8) is 0 Å². The number of imidazole rings is 1. The Hall–Kier alpha value is -3.80. The Morgan fingerprint density at radius 3 is 2.53 bits per heavy atom. The quantitative estimate of drug-likeness (QED) is 0.464. The van der Waals surface area contributed by atoms with Crippen LogP contribution < -0.4 is 4.90 Å². The molecular weight excluding hydrogens is 398 g/mol. The minimum atomic E-state index is 0.0531. The molecule has 0 spiro atoms. The molecule has 6 heteroatoms. The van der Waals surface area contributed by atoms with Crippen LogP contribution in [0.3, 0.4) is 0 Å². The maximum Gasteiger partial charge on any atom is 0.233 e. The molecular formula is C26H25N5O.